The van der Waals surface area contributed by atoms with Gasteiger partial charge >= 0.3 is 0 Å². The average molecular weight is 302 g/mol. The highest BCUT2D eigenvalue weighted by Gasteiger charge is 2.58. The Labute approximate surface area is 134 Å². The number of aliphatic hydroxyl groups is 1. The van der Waals surface area contributed by atoms with Crippen LogP contribution in [-0.4, -0.2) is 17.0 Å². The molecule has 122 valence electrons. The van der Waals surface area contributed by atoms with Gasteiger partial charge in [-0.25, -0.2) is 0 Å². The van der Waals surface area contributed by atoms with Crippen molar-refractivity contribution in [2.45, 2.75) is 71.3 Å². The molecule has 22 heavy (non-hydrogen) atoms. The van der Waals surface area contributed by atoms with E-state index in [-0.39, 0.29) is 11.5 Å². The largest absolute Gasteiger partial charge is 0.393 e. The van der Waals surface area contributed by atoms with Crippen molar-refractivity contribution in [3.05, 3.63) is 11.6 Å². The van der Waals surface area contributed by atoms with Gasteiger partial charge in [0.15, 0.2) is 5.78 Å². The smallest absolute Gasteiger partial charge is 0.155 e. The van der Waals surface area contributed by atoms with E-state index in [1.54, 1.807) is 0 Å². The third-order valence-electron chi connectivity index (χ3n) is 7.99. The second-order valence-electron chi connectivity index (χ2n) is 8.55. The van der Waals surface area contributed by atoms with Gasteiger partial charge in [-0.2, -0.15) is 0 Å². The van der Waals surface area contributed by atoms with Crippen molar-refractivity contribution in [2.75, 3.05) is 0 Å². The highest BCUT2D eigenvalue weighted by Crippen LogP contribution is 2.63. The Bertz CT molecular complexity index is 508. The van der Waals surface area contributed by atoms with E-state index in [2.05, 4.69) is 13.8 Å². The molecule has 2 nitrogen and oxygen atoms in total. The van der Waals surface area contributed by atoms with Gasteiger partial charge in [0.25, 0.3) is 0 Å². The van der Waals surface area contributed by atoms with Crippen LogP contribution in [0.1, 0.15) is 65.2 Å². The van der Waals surface area contributed by atoms with Gasteiger partial charge in [-0.3, -0.25) is 4.79 Å². The van der Waals surface area contributed by atoms with Crippen molar-refractivity contribution < 1.29 is 9.90 Å². The Balaban J connectivity index is 1.67. The summed E-state index contributed by atoms with van der Waals surface area (Å²) in [6.07, 6.45) is 10.9. The lowest BCUT2D eigenvalue weighted by Crippen LogP contribution is -2.50. The molecule has 0 aromatic heterocycles. The number of allylic oxidation sites excluding steroid dienone is 1. The van der Waals surface area contributed by atoms with Crippen LogP contribution in [-0.2, 0) is 4.79 Å². The van der Waals surface area contributed by atoms with Crippen LogP contribution in [0, 0.1) is 35.0 Å². The Morgan fingerprint density at radius 3 is 2.82 bits per heavy atom. The molecule has 0 spiro atoms. The molecule has 3 fully saturated rings. The van der Waals surface area contributed by atoms with Crippen LogP contribution in [0.25, 0.3) is 0 Å². The van der Waals surface area contributed by atoms with Gasteiger partial charge in [0.1, 0.15) is 0 Å². The number of fused-ring (bicyclic) bond motifs is 5. The van der Waals surface area contributed by atoms with E-state index < -0.39 is 0 Å². The first-order valence-corrected chi connectivity index (χ1v) is 9.49. The maximum absolute atomic E-state index is 11.8. The van der Waals surface area contributed by atoms with Gasteiger partial charge in [-0.05, 0) is 86.0 Å². The quantitative estimate of drug-likeness (QED) is 0.791. The summed E-state index contributed by atoms with van der Waals surface area (Å²) in [4.78, 5) is 11.8. The Morgan fingerprint density at radius 2 is 2.05 bits per heavy atom. The van der Waals surface area contributed by atoms with Crippen LogP contribution in [0.2, 0.25) is 0 Å². The van der Waals surface area contributed by atoms with E-state index in [9.17, 15) is 9.90 Å². The van der Waals surface area contributed by atoms with Crippen LogP contribution in [0.15, 0.2) is 11.6 Å². The molecule has 0 radical (unpaired) electrons. The van der Waals surface area contributed by atoms with E-state index in [1.165, 1.54) is 31.3 Å². The van der Waals surface area contributed by atoms with Crippen molar-refractivity contribution in [1.29, 1.82) is 0 Å². The zero-order chi connectivity index (χ0) is 15.5. The molecule has 0 aliphatic heterocycles. The predicted molar refractivity (Wildman–Crippen MR) is 87.3 cm³/mol. The molecule has 1 N–H and O–H groups in total. The zero-order valence-electron chi connectivity index (χ0n) is 14.1. The molecule has 0 aromatic rings. The fourth-order valence-corrected chi connectivity index (χ4v) is 6.96. The highest BCUT2D eigenvalue weighted by atomic mass is 16.3. The number of ketones is 1. The standard InChI is InChI=1S/C20H30O2/c1-3-20-9-8-15-14-5-4-13(21)11-16(14)12(2)10-17(15)18(20)6-7-19(20)22/h11-12,14-15,17-19,22H,3-10H2,1-2H3/t12-,14+,15+,17+,18-,19-,20-/m0/s1. The van der Waals surface area contributed by atoms with Gasteiger partial charge in [0.2, 0.25) is 0 Å². The van der Waals surface area contributed by atoms with E-state index in [0.717, 1.165) is 43.4 Å². The lowest BCUT2D eigenvalue weighted by Gasteiger charge is -2.55. The summed E-state index contributed by atoms with van der Waals surface area (Å²) in [6.45, 7) is 4.62. The molecule has 2 heteroatoms. The molecule has 4 aliphatic rings. The van der Waals surface area contributed by atoms with E-state index in [1.807, 2.05) is 6.08 Å². The SMILES string of the molecule is CC[C@]12CC[C@H]3[C@@H](C[C@H](C)C4=CC(=O)CC[C@@H]43)[C@@H]1CC[C@@H]2O. The number of aliphatic hydroxyl groups excluding tert-OH is 1. The Kier molecular flexibility index (Phi) is 3.52. The second-order valence-corrected chi connectivity index (χ2v) is 8.55. The summed E-state index contributed by atoms with van der Waals surface area (Å²) in [5, 5.41) is 10.6. The van der Waals surface area contributed by atoms with Gasteiger partial charge in [-0.15, -0.1) is 0 Å². The van der Waals surface area contributed by atoms with Gasteiger partial charge in [0.05, 0.1) is 6.10 Å². The van der Waals surface area contributed by atoms with Crippen LogP contribution in [0.3, 0.4) is 0 Å². The number of carbonyl (C=O) groups excluding carboxylic acids is 1. The molecule has 0 saturated heterocycles. The van der Waals surface area contributed by atoms with Crippen molar-refractivity contribution in [1.82, 2.24) is 0 Å². The lowest BCUT2D eigenvalue weighted by atomic mass is 9.49. The molecule has 4 aliphatic carbocycles. The minimum atomic E-state index is -0.0661. The van der Waals surface area contributed by atoms with Crippen molar-refractivity contribution >= 4 is 5.78 Å². The monoisotopic (exact) mass is 302 g/mol. The minimum absolute atomic E-state index is 0.0661. The Morgan fingerprint density at radius 1 is 1.23 bits per heavy atom. The molecule has 4 rings (SSSR count). The van der Waals surface area contributed by atoms with Gasteiger partial charge in [0, 0.05) is 6.42 Å². The average Bonchev–Trinajstić information content (AvgIpc) is 2.85. The summed E-state index contributed by atoms with van der Waals surface area (Å²) in [6, 6.07) is 0. The normalized spacial score (nSPS) is 50.9. The molecule has 0 aromatic carbocycles. The predicted octanol–water partition coefficient (Wildman–Crippen LogP) is 4.13. The molecular formula is C20H30O2. The van der Waals surface area contributed by atoms with Gasteiger partial charge in [-0.1, -0.05) is 19.4 Å². The first-order chi connectivity index (χ1) is 10.6. The zero-order valence-corrected chi connectivity index (χ0v) is 14.1. The second kappa shape index (κ2) is 5.19. The third-order valence-corrected chi connectivity index (χ3v) is 7.99. The topological polar surface area (TPSA) is 37.3 Å². The molecule has 3 saturated carbocycles. The van der Waals surface area contributed by atoms with Crippen LogP contribution in [0.5, 0.6) is 0 Å². The first kappa shape index (κ1) is 14.9. The van der Waals surface area contributed by atoms with Crippen LogP contribution in [0.4, 0.5) is 0 Å². The molecule has 0 unspecified atom stereocenters. The van der Waals surface area contributed by atoms with Crippen molar-refractivity contribution in [3.63, 3.8) is 0 Å². The number of hydrogen-bond donors (Lipinski definition) is 1. The van der Waals surface area contributed by atoms with E-state index >= 15 is 0 Å². The number of rotatable bonds is 1. The summed E-state index contributed by atoms with van der Waals surface area (Å²) in [5.41, 5.74) is 1.69. The number of hydrogen-bond acceptors (Lipinski definition) is 2. The fourth-order valence-electron chi connectivity index (χ4n) is 6.96. The maximum Gasteiger partial charge on any atom is 0.155 e. The van der Waals surface area contributed by atoms with Crippen LogP contribution >= 0.6 is 0 Å². The van der Waals surface area contributed by atoms with Crippen molar-refractivity contribution in [2.24, 2.45) is 35.0 Å². The molecular weight excluding hydrogens is 272 g/mol. The lowest BCUT2D eigenvalue weighted by molar-refractivity contribution is -0.116. The minimum Gasteiger partial charge on any atom is -0.393 e. The molecule has 7 atom stereocenters. The summed E-state index contributed by atoms with van der Waals surface area (Å²) in [5.74, 6) is 3.89. The summed E-state index contributed by atoms with van der Waals surface area (Å²) >= 11 is 0. The van der Waals surface area contributed by atoms with Gasteiger partial charge < -0.3 is 5.11 Å². The van der Waals surface area contributed by atoms with Crippen molar-refractivity contribution in [3.8, 4) is 0 Å². The molecule has 0 heterocycles. The summed E-state index contributed by atoms with van der Waals surface area (Å²) < 4.78 is 0. The van der Waals surface area contributed by atoms with E-state index in [4.69, 9.17) is 0 Å². The highest BCUT2D eigenvalue weighted by molar-refractivity contribution is 5.91. The number of carbonyl (C=O) groups is 1. The first-order valence-electron chi connectivity index (χ1n) is 9.49. The van der Waals surface area contributed by atoms with Crippen LogP contribution < -0.4 is 0 Å². The molecule has 0 amide bonds. The Hall–Kier alpha value is -0.630. The fraction of sp³-hybridized carbons (Fsp3) is 0.850. The molecule has 0 bridgehead atoms. The maximum atomic E-state index is 11.8. The summed E-state index contributed by atoms with van der Waals surface area (Å²) in [7, 11) is 0. The van der Waals surface area contributed by atoms with E-state index in [0.29, 0.717) is 17.6 Å². The third kappa shape index (κ3) is 1.92.